The summed E-state index contributed by atoms with van der Waals surface area (Å²) in [6.07, 6.45) is 0. The number of halogens is 1. The van der Waals surface area contributed by atoms with Crippen LogP contribution in [0.25, 0.3) is 0 Å². The lowest BCUT2D eigenvalue weighted by Gasteiger charge is -2.18. The Hall–Kier alpha value is -1.62. The number of nitrogens with one attached hydrogen (secondary N) is 1. The Balaban J connectivity index is 2.06. The molecule has 0 heterocycles. The molecule has 2 rings (SSSR count). The Bertz CT molecular complexity index is 530. The van der Waals surface area contributed by atoms with Crippen LogP contribution < -0.4 is 10.4 Å². The van der Waals surface area contributed by atoms with Gasteiger partial charge in [0.2, 0.25) is 5.11 Å². The lowest BCUT2D eigenvalue weighted by molar-refractivity contribution is 0.314. The molecule has 2 aromatic rings. The van der Waals surface area contributed by atoms with Gasteiger partial charge in [0.25, 0.3) is 0 Å². The molecule has 18 heavy (non-hydrogen) atoms. The summed E-state index contributed by atoms with van der Waals surface area (Å²) in [5.41, 5.74) is 1.36. The highest BCUT2D eigenvalue weighted by molar-refractivity contribution is 7.80. The standard InChI is InChI=1S/C13H11ClN2OS/c14-10-6-8-11(9-7-10)15-13(18)16(17)12-4-2-1-3-5-12/h1-9,17H,(H,15,18). The van der Waals surface area contributed by atoms with Crippen molar-refractivity contribution in [2.24, 2.45) is 0 Å². The highest BCUT2D eigenvalue weighted by Gasteiger charge is 2.08. The van der Waals surface area contributed by atoms with Gasteiger partial charge >= 0.3 is 0 Å². The summed E-state index contributed by atoms with van der Waals surface area (Å²) in [5.74, 6) is 0. The second kappa shape index (κ2) is 5.82. The average Bonchev–Trinajstić information content (AvgIpc) is 2.41. The van der Waals surface area contributed by atoms with Gasteiger partial charge in [-0.25, -0.2) is 0 Å². The summed E-state index contributed by atoms with van der Waals surface area (Å²) in [7, 11) is 0. The van der Waals surface area contributed by atoms with Gasteiger partial charge in [-0.2, -0.15) is 5.06 Å². The van der Waals surface area contributed by atoms with Crippen molar-refractivity contribution in [3.63, 3.8) is 0 Å². The van der Waals surface area contributed by atoms with Gasteiger partial charge in [0.15, 0.2) is 0 Å². The van der Waals surface area contributed by atoms with Gasteiger partial charge in [-0.15, -0.1) is 0 Å². The number of nitrogens with zero attached hydrogens (tertiary/aromatic N) is 1. The van der Waals surface area contributed by atoms with Crippen LogP contribution in [0.2, 0.25) is 5.02 Å². The van der Waals surface area contributed by atoms with E-state index in [0.29, 0.717) is 10.7 Å². The first kappa shape index (κ1) is 12.8. The molecule has 0 aliphatic carbocycles. The number of benzene rings is 2. The molecule has 0 saturated carbocycles. The van der Waals surface area contributed by atoms with Gasteiger partial charge in [-0.05, 0) is 48.6 Å². The van der Waals surface area contributed by atoms with E-state index < -0.39 is 0 Å². The lowest BCUT2D eigenvalue weighted by Crippen LogP contribution is -2.31. The third-order valence-corrected chi connectivity index (χ3v) is 2.82. The molecule has 2 N–H and O–H groups in total. The van der Waals surface area contributed by atoms with Crippen molar-refractivity contribution >= 4 is 40.3 Å². The maximum absolute atomic E-state index is 9.91. The smallest absolute Gasteiger partial charge is 0.202 e. The highest BCUT2D eigenvalue weighted by atomic mass is 35.5. The Labute approximate surface area is 116 Å². The molecule has 0 amide bonds. The Kier molecular flexibility index (Phi) is 4.15. The van der Waals surface area contributed by atoms with Gasteiger partial charge in [-0.3, -0.25) is 5.21 Å². The second-order valence-electron chi connectivity index (χ2n) is 3.58. The van der Waals surface area contributed by atoms with Crippen LogP contribution in [-0.4, -0.2) is 10.3 Å². The number of rotatable bonds is 2. The second-order valence-corrected chi connectivity index (χ2v) is 4.41. The summed E-state index contributed by atoms with van der Waals surface area (Å²) in [6, 6.07) is 16.1. The molecule has 0 atom stereocenters. The normalized spacial score (nSPS) is 9.89. The number of hydrogen-bond acceptors (Lipinski definition) is 2. The molecule has 0 spiro atoms. The monoisotopic (exact) mass is 278 g/mol. The maximum atomic E-state index is 9.91. The van der Waals surface area contributed by atoms with Crippen molar-refractivity contribution < 1.29 is 5.21 Å². The van der Waals surface area contributed by atoms with Gasteiger partial charge in [-0.1, -0.05) is 29.8 Å². The number of anilines is 2. The molecular weight excluding hydrogens is 268 g/mol. The topological polar surface area (TPSA) is 35.5 Å². The van der Waals surface area contributed by atoms with Crippen molar-refractivity contribution in [3.8, 4) is 0 Å². The maximum Gasteiger partial charge on any atom is 0.202 e. The van der Waals surface area contributed by atoms with E-state index in [4.69, 9.17) is 23.8 Å². The third kappa shape index (κ3) is 3.20. The van der Waals surface area contributed by atoms with E-state index in [1.807, 2.05) is 18.2 Å². The molecule has 2 aromatic carbocycles. The van der Waals surface area contributed by atoms with E-state index in [2.05, 4.69) is 5.32 Å². The fraction of sp³-hybridized carbons (Fsp3) is 0. The van der Waals surface area contributed by atoms with E-state index in [1.54, 1.807) is 36.4 Å². The summed E-state index contributed by atoms with van der Waals surface area (Å²) in [4.78, 5) is 0. The van der Waals surface area contributed by atoms with E-state index in [-0.39, 0.29) is 5.11 Å². The van der Waals surface area contributed by atoms with Crippen LogP contribution in [0.1, 0.15) is 0 Å². The van der Waals surface area contributed by atoms with Crippen LogP contribution in [0.5, 0.6) is 0 Å². The average molecular weight is 279 g/mol. The Morgan fingerprint density at radius 1 is 1.06 bits per heavy atom. The molecule has 0 bridgehead atoms. The predicted octanol–water partition coefficient (Wildman–Crippen LogP) is 3.93. The van der Waals surface area contributed by atoms with E-state index >= 15 is 0 Å². The minimum absolute atomic E-state index is 0.198. The predicted molar refractivity (Wildman–Crippen MR) is 78.4 cm³/mol. The van der Waals surface area contributed by atoms with Crippen LogP contribution in [0.4, 0.5) is 11.4 Å². The van der Waals surface area contributed by atoms with Crippen molar-refractivity contribution in [2.75, 3.05) is 10.4 Å². The van der Waals surface area contributed by atoms with E-state index in [9.17, 15) is 5.21 Å². The molecule has 0 aromatic heterocycles. The Morgan fingerprint density at radius 2 is 1.67 bits per heavy atom. The molecule has 0 radical (unpaired) electrons. The fourth-order valence-corrected chi connectivity index (χ4v) is 1.75. The number of hydroxylamine groups is 1. The summed E-state index contributed by atoms with van der Waals surface area (Å²) in [6.45, 7) is 0. The lowest BCUT2D eigenvalue weighted by atomic mass is 10.3. The first-order valence-electron chi connectivity index (χ1n) is 5.27. The van der Waals surface area contributed by atoms with E-state index in [1.165, 1.54) is 0 Å². The van der Waals surface area contributed by atoms with Crippen LogP contribution in [0, 0.1) is 0 Å². The number of para-hydroxylation sites is 1. The van der Waals surface area contributed by atoms with Crippen LogP contribution in [-0.2, 0) is 0 Å². The van der Waals surface area contributed by atoms with Crippen LogP contribution in [0.3, 0.4) is 0 Å². The third-order valence-electron chi connectivity index (χ3n) is 2.29. The highest BCUT2D eigenvalue weighted by Crippen LogP contribution is 2.16. The van der Waals surface area contributed by atoms with Gasteiger partial charge < -0.3 is 5.32 Å². The van der Waals surface area contributed by atoms with Gasteiger partial charge in [0.1, 0.15) is 0 Å². The molecular formula is C13H11ClN2OS. The fourth-order valence-electron chi connectivity index (χ4n) is 1.40. The summed E-state index contributed by atoms with van der Waals surface area (Å²) in [5, 5.41) is 14.6. The van der Waals surface area contributed by atoms with Crippen molar-refractivity contribution in [3.05, 3.63) is 59.6 Å². The first-order chi connectivity index (χ1) is 8.66. The molecule has 0 unspecified atom stereocenters. The summed E-state index contributed by atoms with van der Waals surface area (Å²) < 4.78 is 0. The minimum atomic E-state index is 0.198. The van der Waals surface area contributed by atoms with Gasteiger partial charge in [0.05, 0.1) is 5.69 Å². The van der Waals surface area contributed by atoms with Gasteiger partial charge in [0, 0.05) is 10.7 Å². The van der Waals surface area contributed by atoms with Crippen molar-refractivity contribution in [1.82, 2.24) is 0 Å². The molecule has 3 nitrogen and oxygen atoms in total. The van der Waals surface area contributed by atoms with Crippen molar-refractivity contribution in [1.29, 1.82) is 0 Å². The minimum Gasteiger partial charge on any atom is -0.331 e. The molecule has 0 fully saturated rings. The zero-order valence-electron chi connectivity index (χ0n) is 9.38. The van der Waals surface area contributed by atoms with Crippen LogP contribution in [0.15, 0.2) is 54.6 Å². The molecule has 92 valence electrons. The largest absolute Gasteiger partial charge is 0.331 e. The Morgan fingerprint density at radius 3 is 2.28 bits per heavy atom. The van der Waals surface area contributed by atoms with Crippen molar-refractivity contribution in [2.45, 2.75) is 0 Å². The molecule has 5 heteroatoms. The quantitative estimate of drug-likeness (QED) is 0.644. The van der Waals surface area contributed by atoms with E-state index in [0.717, 1.165) is 10.8 Å². The molecule has 0 aliphatic rings. The molecule has 0 saturated heterocycles. The zero-order valence-corrected chi connectivity index (χ0v) is 10.9. The summed E-state index contributed by atoms with van der Waals surface area (Å²) >= 11 is 10.9. The molecule has 0 aliphatic heterocycles. The first-order valence-corrected chi connectivity index (χ1v) is 6.06. The SMILES string of the molecule is ON(C(=S)Nc1ccc(Cl)cc1)c1ccccc1. The number of thiocarbonyl (C=S) groups is 1. The number of hydrogen-bond donors (Lipinski definition) is 2. The van der Waals surface area contributed by atoms with Crippen LogP contribution >= 0.6 is 23.8 Å². The zero-order chi connectivity index (χ0) is 13.0.